The highest BCUT2D eigenvalue weighted by atomic mass is 16.5. The standard InChI is InChI=1S/C21H23N5O3/c1-28-9-10-29-16-4-2-3-15(11-16)13-26-8-5-18-17(14-26)21(27)25-20(24-18)19-12-22-6-7-23-19/h2-4,6-7,11-12H,5,8-10,13-14H2,1H3,(H,24,25,27). The van der Waals surface area contributed by atoms with Gasteiger partial charge in [-0.1, -0.05) is 12.1 Å². The molecule has 150 valence electrons. The van der Waals surface area contributed by atoms with E-state index >= 15 is 0 Å². The first-order chi connectivity index (χ1) is 14.2. The van der Waals surface area contributed by atoms with Crippen molar-refractivity contribution in [3.05, 3.63) is 70.0 Å². The molecule has 1 aliphatic rings. The summed E-state index contributed by atoms with van der Waals surface area (Å²) in [5.74, 6) is 1.29. The fourth-order valence-electron chi connectivity index (χ4n) is 3.39. The largest absolute Gasteiger partial charge is 0.491 e. The van der Waals surface area contributed by atoms with Gasteiger partial charge in [-0.05, 0) is 17.7 Å². The number of aromatic nitrogens is 4. The second-order valence-corrected chi connectivity index (χ2v) is 6.88. The maximum absolute atomic E-state index is 12.7. The Morgan fingerprint density at radius 2 is 2.17 bits per heavy atom. The number of hydrogen-bond acceptors (Lipinski definition) is 7. The summed E-state index contributed by atoms with van der Waals surface area (Å²) in [4.78, 5) is 30.6. The minimum absolute atomic E-state index is 0.114. The van der Waals surface area contributed by atoms with E-state index in [0.29, 0.717) is 31.3 Å². The van der Waals surface area contributed by atoms with Crippen LogP contribution in [0.3, 0.4) is 0 Å². The number of nitrogens with one attached hydrogen (secondary N) is 1. The number of benzene rings is 1. The molecule has 4 rings (SSSR count). The Balaban J connectivity index is 1.47. The van der Waals surface area contributed by atoms with Gasteiger partial charge in [0, 0.05) is 45.6 Å². The molecule has 0 saturated carbocycles. The third kappa shape index (κ3) is 4.67. The summed E-state index contributed by atoms with van der Waals surface area (Å²) in [6.07, 6.45) is 5.50. The molecule has 1 aromatic carbocycles. The van der Waals surface area contributed by atoms with Gasteiger partial charge < -0.3 is 14.5 Å². The molecule has 2 aromatic heterocycles. The highest BCUT2D eigenvalue weighted by molar-refractivity contribution is 5.47. The minimum atomic E-state index is -0.114. The first kappa shape index (κ1) is 19.2. The van der Waals surface area contributed by atoms with Gasteiger partial charge in [0.25, 0.3) is 5.56 Å². The Morgan fingerprint density at radius 1 is 1.24 bits per heavy atom. The first-order valence-corrected chi connectivity index (χ1v) is 9.54. The van der Waals surface area contributed by atoms with Crippen molar-refractivity contribution in [1.82, 2.24) is 24.8 Å². The molecule has 0 aliphatic carbocycles. The van der Waals surface area contributed by atoms with Crippen molar-refractivity contribution in [3.8, 4) is 17.3 Å². The van der Waals surface area contributed by atoms with Crippen LogP contribution in [0.4, 0.5) is 0 Å². The lowest BCUT2D eigenvalue weighted by molar-refractivity contribution is 0.146. The summed E-state index contributed by atoms with van der Waals surface area (Å²) >= 11 is 0. The van der Waals surface area contributed by atoms with E-state index < -0.39 is 0 Å². The van der Waals surface area contributed by atoms with Crippen molar-refractivity contribution in [3.63, 3.8) is 0 Å². The molecule has 0 saturated heterocycles. The van der Waals surface area contributed by atoms with E-state index in [1.54, 1.807) is 25.7 Å². The summed E-state index contributed by atoms with van der Waals surface area (Å²) in [5.41, 5.74) is 3.15. The average Bonchev–Trinajstić information content (AvgIpc) is 2.75. The maximum Gasteiger partial charge on any atom is 0.255 e. The van der Waals surface area contributed by atoms with Crippen LogP contribution in [0.1, 0.15) is 16.8 Å². The molecule has 8 nitrogen and oxygen atoms in total. The van der Waals surface area contributed by atoms with E-state index in [4.69, 9.17) is 9.47 Å². The maximum atomic E-state index is 12.7. The fourth-order valence-corrected chi connectivity index (χ4v) is 3.39. The van der Waals surface area contributed by atoms with Gasteiger partial charge >= 0.3 is 0 Å². The molecular formula is C21H23N5O3. The van der Waals surface area contributed by atoms with Crippen LogP contribution in [0.5, 0.6) is 5.75 Å². The van der Waals surface area contributed by atoms with Crippen molar-refractivity contribution >= 4 is 0 Å². The summed E-state index contributed by atoms with van der Waals surface area (Å²) in [6.45, 7) is 3.21. The number of H-pyrrole nitrogens is 1. The van der Waals surface area contributed by atoms with Crippen molar-refractivity contribution in [2.45, 2.75) is 19.5 Å². The van der Waals surface area contributed by atoms with Gasteiger partial charge in [0.15, 0.2) is 5.82 Å². The lowest BCUT2D eigenvalue weighted by Crippen LogP contribution is -2.35. The zero-order chi connectivity index (χ0) is 20.1. The molecule has 29 heavy (non-hydrogen) atoms. The topological polar surface area (TPSA) is 93.2 Å². The quantitative estimate of drug-likeness (QED) is 0.612. The highest BCUT2D eigenvalue weighted by Gasteiger charge is 2.22. The highest BCUT2D eigenvalue weighted by Crippen LogP contribution is 2.20. The second kappa shape index (κ2) is 8.93. The third-order valence-corrected chi connectivity index (χ3v) is 4.81. The summed E-state index contributed by atoms with van der Waals surface area (Å²) in [7, 11) is 1.65. The van der Waals surface area contributed by atoms with E-state index in [-0.39, 0.29) is 5.56 Å². The zero-order valence-corrected chi connectivity index (χ0v) is 16.3. The van der Waals surface area contributed by atoms with Crippen LogP contribution in [0.15, 0.2) is 47.7 Å². The molecule has 1 aliphatic heterocycles. The van der Waals surface area contributed by atoms with E-state index in [1.807, 2.05) is 18.2 Å². The lowest BCUT2D eigenvalue weighted by atomic mass is 10.1. The first-order valence-electron chi connectivity index (χ1n) is 9.54. The number of nitrogens with zero attached hydrogens (tertiary/aromatic N) is 4. The SMILES string of the molecule is COCCOc1cccc(CN2CCc3nc(-c4cnccn4)[nH]c(=O)c3C2)c1. The number of ether oxygens (including phenoxy) is 2. The molecule has 0 unspecified atom stereocenters. The van der Waals surface area contributed by atoms with Gasteiger partial charge in [-0.15, -0.1) is 0 Å². The molecule has 0 bridgehead atoms. The Labute approximate surface area is 168 Å². The molecular weight excluding hydrogens is 370 g/mol. The summed E-state index contributed by atoms with van der Waals surface area (Å²) in [5, 5.41) is 0. The Morgan fingerprint density at radius 3 is 3.00 bits per heavy atom. The van der Waals surface area contributed by atoms with Crippen molar-refractivity contribution in [2.75, 3.05) is 26.9 Å². The van der Waals surface area contributed by atoms with E-state index in [0.717, 1.165) is 42.1 Å². The van der Waals surface area contributed by atoms with Gasteiger partial charge in [-0.25, -0.2) is 9.97 Å². The van der Waals surface area contributed by atoms with Crippen LogP contribution >= 0.6 is 0 Å². The molecule has 8 heteroatoms. The van der Waals surface area contributed by atoms with Gasteiger partial charge in [0.2, 0.25) is 0 Å². The van der Waals surface area contributed by atoms with Crippen LogP contribution in [-0.2, 0) is 24.2 Å². The summed E-state index contributed by atoms with van der Waals surface area (Å²) in [6, 6.07) is 8.02. The lowest BCUT2D eigenvalue weighted by Gasteiger charge is -2.27. The molecule has 0 amide bonds. The number of fused-ring (bicyclic) bond motifs is 1. The second-order valence-electron chi connectivity index (χ2n) is 6.88. The predicted octanol–water partition coefficient (Wildman–Crippen LogP) is 1.81. The van der Waals surface area contributed by atoms with Gasteiger partial charge in [0.05, 0.1) is 24.1 Å². The van der Waals surface area contributed by atoms with Gasteiger partial charge in [-0.2, -0.15) is 0 Å². The van der Waals surface area contributed by atoms with Crippen molar-refractivity contribution in [2.24, 2.45) is 0 Å². The Kier molecular flexibility index (Phi) is 5.92. The van der Waals surface area contributed by atoms with Crippen LogP contribution in [0, 0.1) is 0 Å². The molecule has 3 aromatic rings. The van der Waals surface area contributed by atoms with E-state index in [2.05, 4.69) is 30.9 Å². The Hall–Kier alpha value is -3.10. The Bertz CT molecular complexity index is 1020. The van der Waals surface area contributed by atoms with E-state index in [1.165, 1.54) is 0 Å². The fraction of sp³-hybridized carbons (Fsp3) is 0.333. The third-order valence-electron chi connectivity index (χ3n) is 4.81. The number of rotatable bonds is 7. The van der Waals surface area contributed by atoms with Crippen molar-refractivity contribution < 1.29 is 9.47 Å². The smallest absolute Gasteiger partial charge is 0.255 e. The van der Waals surface area contributed by atoms with Gasteiger partial charge in [0.1, 0.15) is 18.1 Å². The molecule has 3 heterocycles. The van der Waals surface area contributed by atoms with Gasteiger partial charge in [-0.3, -0.25) is 14.7 Å². The molecule has 0 radical (unpaired) electrons. The average molecular weight is 393 g/mol. The van der Waals surface area contributed by atoms with Crippen LogP contribution in [-0.4, -0.2) is 51.7 Å². The van der Waals surface area contributed by atoms with Crippen molar-refractivity contribution in [1.29, 1.82) is 0 Å². The minimum Gasteiger partial charge on any atom is -0.491 e. The molecule has 1 N–H and O–H groups in total. The van der Waals surface area contributed by atoms with Crippen LogP contribution < -0.4 is 10.3 Å². The van der Waals surface area contributed by atoms with Crippen LogP contribution in [0.2, 0.25) is 0 Å². The zero-order valence-electron chi connectivity index (χ0n) is 16.3. The molecule has 0 fully saturated rings. The van der Waals surface area contributed by atoms with E-state index in [9.17, 15) is 4.79 Å². The monoisotopic (exact) mass is 393 g/mol. The summed E-state index contributed by atoms with van der Waals surface area (Å²) < 4.78 is 10.7. The molecule has 0 spiro atoms. The normalized spacial score (nSPS) is 13.8. The van der Waals surface area contributed by atoms with Crippen LogP contribution in [0.25, 0.3) is 11.5 Å². The number of aromatic amines is 1. The molecule has 0 atom stereocenters. The number of methoxy groups -OCH3 is 1. The predicted molar refractivity (Wildman–Crippen MR) is 108 cm³/mol. The number of hydrogen-bond donors (Lipinski definition) is 1.